The van der Waals surface area contributed by atoms with Crippen molar-refractivity contribution in [1.29, 1.82) is 5.26 Å². The largest absolute Gasteiger partial charge is 0.493 e. The zero-order valence-electron chi connectivity index (χ0n) is 17.3. The number of benzene rings is 2. The van der Waals surface area contributed by atoms with Crippen molar-refractivity contribution >= 4 is 35.2 Å². The number of carbonyl (C=O) groups excluding carboxylic acids is 2. The molecule has 2 rings (SSSR count). The highest BCUT2D eigenvalue weighted by Crippen LogP contribution is 2.28. The van der Waals surface area contributed by atoms with Crippen molar-refractivity contribution in [3.05, 3.63) is 59.1 Å². The Kier molecular flexibility index (Phi) is 9.40. The van der Waals surface area contributed by atoms with Gasteiger partial charge >= 0.3 is 5.97 Å². The Balaban J connectivity index is 1.94. The number of hydrogen-bond donors (Lipinski definition) is 0. The molecule has 162 valence electrons. The summed E-state index contributed by atoms with van der Waals surface area (Å²) in [5.74, 6) is -0.324. The van der Waals surface area contributed by atoms with Gasteiger partial charge < -0.3 is 19.1 Å². The third-order valence-electron chi connectivity index (χ3n) is 4.12. The number of anilines is 1. The Morgan fingerprint density at radius 3 is 2.65 bits per heavy atom. The first kappa shape index (κ1) is 23.8. The Hall–Kier alpha value is -3.50. The molecule has 31 heavy (non-hydrogen) atoms. The van der Waals surface area contributed by atoms with E-state index < -0.39 is 18.5 Å². The molecule has 0 aromatic heterocycles. The van der Waals surface area contributed by atoms with Crippen molar-refractivity contribution in [1.82, 2.24) is 0 Å². The van der Waals surface area contributed by atoms with E-state index in [1.165, 1.54) is 12.0 Å². The summed E-state index contributed by atoms with van der Waals surface area (Å²) in [5, 5.41) is 9.31. The minimum Gasteiger partial charge on any atom is -0.493 e. The van der Waals surface area contributed by atoms with E-state index in [2.05, 4.69) is 0 Å². The van der Waals surface area contributed by atoms with Gasteiger partial charge in [0.15, 0.2) is 24.7 Å². The molecule has 0 saturated heterocycles. The first-order valence-corrected chi connectivity index (χ1v) is 9.88. The molecule has 0 spiro atoms. The number of amides is 1. The van der Waals surface area contributed by atoms with E-state index >= 15 is 0 Å². The van der Waals surface area contributed by atoms with Crippen LogP contribution in [-0.2, 0) is 14.3 Å². The molecule has 0 radical (unpaired) electrons. The predicted molar refractivity (Wildman–Crippen MR) is 118 cm³/mol. The van der Waals surface area contributed by atoms with Gasteiger partial charge in [-0.2, -0.15) is 5.26 Å². The second-order valence-electron chi connectivity index (χ2n) is 6.29. The molecular formula is C23H23ClN2O5. The Morgan fingerprint density at radius 2 is 1.97 bits per heavy atom. The first-order chi connectivity index (χ1) is 15.0. The summed E-state index contributed by atoms with van der Waals surface area (Å²) in [7, 11) is 1.50. The van der Waals surface area contributed by atoms with Crippen molar-refractivity contribution in [3.8, 4) is 17.6 Å². The summed E-state index contributed by atoms with van der Waals surface area (Å²) in [4.78, 5) is 26.0. The lowest BCUT2D eigenvalue weighted by Crippen LogP contribution is -2.36. The van der Waals surface area contributed by atoms with Crippen molar-refractivity contribution in [2.75, 3.05) is 31.8 Å². The van der Waals surface area contributed by atoms with Crippen molar-refractivity contribution in [2.45, 2.75) is 13.3 Å². The monoisotopic (exact) mass is 442 g/mol. The van der Waals surface area contributed by atoms with Gasteiger partial charge in [-0.3, -0.25) is 4.79 Å². The predicted octanol–water partition coefficient (Wildman–Crippen LogP) is 4.25. The molecule has 7 nitrogen and oxygen atoms in total. The standard InChI is InChI=1S/C23H23ClN2O5/c1-3-6-17-9-10-20(21(13-17)29-2)30-16-23(28)31-15-22(27)26(12-5-11-25)19-8-4-7-18(24)14-19/h3-4,6-10,13-14H,5,12,15-16H2,1-2H3/b6-3+. The molecule has 0 bridgehead atoms. The summed E-state index contributed by atoms with van der Waals surface area (Å²) in [6, 6.07) is 13.9. The van der Waals surface area contributed by atoms with Gasteiger partial charge in [0.1, 0.15) is 0 Å². The quantitative estimate of drug-likeness (QED) is 0.511. The maximum atomic E-state index is 12.6. The fraction of sp³-hybridized carbons (Fsp3) is 0.261. The number of carbonyl (C=O) groups is 2. The fourth-order valence-corrected chi connectivity index (χ4v) is 2.89. The lowest BCUT2D eigenvalue weighted by atomic mass is 10.2. The molecule has 0 saturated carbocycles. The average molecular weight is 443 g/mol. The van der Waals surface area contributed by atoms with Crippen molar-refractivity contribution in [3.63, 3.8) is 0 Å². The van der Waals surface area contributed by atoms with Gasteiger partial charge in [-0.1, -0.05) is 35.9 Å². The third kappa shape index (κ3) is 7.36. The van der Waals surface area contributed by atoms with Crippen LogP contribution in [0.3, 0.4) is 0 Å². The molecule has 0 aliphatic rings. The average Bonchev–Trinajstić information content (AvgIpc) is 2.77. The van der Waals surface area contributed by atoms with Gasteiger partial charge in [0.2, 0.25) is 0 Å². The smallest absolute Gasteiger partial charge is 0.344 e. The second kappa shape index (κ2) is 12.3. The van der Waals surface area contributed by atoms with Crippen LogP contribution in [0.1, 0.15) is 18.9 Å². The number of methoxy groups -OCH3 is 1. The minimum atomic E-state index is -0.709. The first-order valence-electron chi connectivity index (χ1n) is 9.50. The summed E-state index contributed by atoms with van der Waals surface area (Å²) >= 11 is 5.99. The summed E-state index contributed by atoms with van der Waals surface area (Å²) in [6.07, 6.45) is 3.93. The van der Waals surface area contributed by atoms with Crippen molar-refractivity contribution < 1.29 is 23.8 Å². The van der Waals surface area contributed by atoms with E-state index in [1.54, 1.807) is 36.4 Å². The zero-order valence-corrected chi connectivity index (χ0v) is 18.1. The second-order valence-corrected chi connectivity index (χ2v) is 6.73. The summed E-state index contributed by atoms with van der Waals surface area (Å²) in [6.45, 7) is 1.18. The number of nitrogens with zero attached hydrogens (tertiary/aromatic N) is 2. The van der Waals surface area contributed by atoms with Crippen LogP contribution in [0, 0.1) is 11.3 Å². The van der Waals surface area contributed by atoms with Crippen molar-refractivity contribution in [2.24, 2.45) is 0 Å². The van der Waals surface area contributed by atoms with Crippen LogP contribution in [0.25, 0.3) is 6.08 Å². The zero-order chi connectivity index (χ0) is 22.6. The van der Waals surface area contributed by atoms with Crippen LogP contribution >= 0.6 is 11.6 Å². The number of ether oxygens (including phenoxy) is 3. The Bertz CT molecular complexity index is 984. The van der Waals surface area contributed by atoms with Gasteiger partial charge in [-0.05, 0) is 42.8 Å². The fourth-order valence-electron chi connectivity index (χ4n) is 2.70. The van der Waals surface area contributed by atoms with Crippen LogP contribution in [-0.4, -0.2) is 38.7 Å². The van der Waals surface area contributed by atoms with E-state index in [4.69, 9.17) is 31.1 Å². The molecule has 0 fully saturated rings. The van der Waals surface area contributed by atoms with Crippen LogP contribution in [0.4, 0.5) is 5.69 Å². The molecule has 0 N–H and O–H groups in total. The van der Waals surface area contributed by atoms with Crippen LogP contribution in [0.15, 0.2) is 48.5 Å². The lowest BCUT2D eigenvalue weighted by molar-refractivity contribution is -0.149. The molecule has 2 aromatic rings. The minimum absolute atomic E-state index is 0.123. The number of allylic oxidation sites excluding steroid dienone is 1. The molecule has 8 heteroatoms. The van der Waals surface area contributed by atoms with E-state index in [1.807, 2.05) is 31.2 Å². The summed E-state index contributed by atoms with van der Waals surface area (Å²) < 4.78 is 15.8. The highest BCUT2D eigenvalue weighted by atomic mass is 35.5. The van der Waals surface area contributed by atoms with E-state index in [0.717, 1.165) is 5.56 Å². The maximum absolute atomic E-state index is 12.6. The van der Waals surface area contributed by atoms with Crippen LogP contribution < -0.4 is 14.4 Å². The molecular weight excluding hydrogens is 420 g/mol. The Morgan fingerprint density at radius 1 is 1.16 bits per heavy atom. The maximum Gasteiger partial charge on any atom is 0.344 e. The lowest BCUT2D eigenvalue weighted by Gasteiger charge is -2.22. The van der Waals surface area contributed by atoms with Gasteiger partial charge in [-0.25, -0.2) is 4.79 Å². The highest BCUT2D eigenvalue weighted by molar-refractivity contribution is 6.30. The van der Waals surface area contributed by atoms with Crippen LogP contribution in [0.2, 0.25) is 5.02 Å². The molecule has 0 unspecified atom stereocenters. The number of nitriles is 1. The van der Waals surface area contributed by atoms with Gasteiger partial charge in [0.25, 0.3) is 5.91 Å². The van der Waals surface area contributed by atoms with E-state index in [9.17, 15) is 9.59 Å². The number of esters is 1. The van der Waals surface area contributed by atoms with E-state index in [0.29, 0.717) is 22.2 Å². The number of rotatable bonds is 10. The highest BCUT2D eigenvalue weighted by Gasteiger charge is 2.18. The molecule has 0 aliphatic heterocycles. The molecule has 2 aromatic carbocycles. The molecule has 0 atom stereocenters. The normalized spacial score (nSPS) is 10.4. The number of hydrogen-bond acceptors (Lipinski definition) is 6. The third-order valence-corrected chi connectivity index (χ3v) is 4.35. The molecule has 0 heterocycles. The topological polar surface area (TPSA) is 88.9 Å². The number of halogens is 1. The molecule has 0 aliphatic carbocycles. The van der Waals surface area contributed by atoms with Crippen LogP contribution in [0.5, 0.6) is 11.5 Å². The van der Waals surface area contributed by atoms with Gasteiger partial charge in [-0.15, -0.1) is 0 Å². The summed E-state index contributed by atoms with van der Waals surface area (Å²) in [5.41, 5.74) is 1.45. The van der Waals surface area contributed by atoms with Gasteiger partial charge in [0.05, 0.1) is 19.6 Å². The van der Waals surface area contributed by atoms with E-state index in [-0.39, 0.29) is 19.6 Å². The SMILES string of the molecule is C/C=C/c1ccc(OCC(=O)OCC(=O)N(CCC#N)c2cccc(Cl)c2)c(OC)c1. The Labute approximate surface area is 186 Å². The molecule has 1 amide bonds. The van der Waals surface area contributed by atoms with Gasteiger partial charge in [0, 0.05) is 17.3 Å².